The molecule has 0 aliphatic heterocycles. The van der Waals surface area contributed by atoms with E-state index in [4.69, 9.17) is 4.74 Å². The Morgan fingerprint density at radius 2 is 2.00 bits per heavy atom. The normalized spacial score (nSPS) is 10.9. The molecular weight excluding hydrogens is 266 g/mol. The maximum absolute atomic E-state index is 13.5. The van der Waals surface area contributed by atoms with E-state index in [9.17, 15) is 13.9 Å². The molecule has 2 rings (SSSR count). The maximum atomic E-state index is 13.5. The molecule has 0 aliphatic carbocycles. The van der Waals surface area contributed by atoms with Gasteiger partial charge in [-0.15, -0.1) is 0 Å². The summed E-state index contributed by atoms with van der Waals surface area (Å²) in [5, 5.41) is 9.29. The fraction of sp³-hybridized carbons (Fsp3) is 0.286. The summed E-state index contributed by atoms with van der Waals surface area (Å²) in [5.41, 5.74) is 0.229. The fourth-order valence-corrected chi connectivity index (χ4v) is 1.58. The molecule has 0 amide bonds. The summed E-state index contributed by atoms with van der Waals surface area (Å²) in [7, 11) is 0. The van der Waals surface area contributed by atoms with Crippen LogP contribution in [0.5, 0.6) is 11.5 Å². The van der Waals surface area contributed by atoms with Crippen LogP contribution in [0.2, 0.25) is 0 Å². The highest BCUT2D eigenvalue weighted by Gasteiger charge is 2.14. The van der Waals surface area contributed by atoms with Crippen molar-refractivity contribution in [3.8, 4) is 11.5 Å². The third kappa shape index (κ3) is 2.91. The zero-order valence-electron chi connectivity index (χ0n) is 11.1. The Kier molecular flexibility index (Phi) is 4.24. The highest BCUT2D eigenvalue weighted by atomic mass is 19.2. The van der Waals surface area contributed by atoms with Gasteiger partial charge in [-0.3, -0.25) is 0 Å². The average Bonchev–Trinajstić information content (AvgIpc) is 2.44. The molecule has 0 bridgehead atoms. The first-order chi connectivity index (χ1) is 9.52. The molecule has 0 atom stereocenters. The Morgan fingerprint density at radius 3 is 2.65 bits per heavy atom. The molecule has 1 N–H and O–H groups in total. The third-order valence-electron chi connectivity index (χ3n) is 2.65. The van der Waals surface area contributed by atoms with Crippen molar-refractivity contribution in [1.29, 1.82) is 0 Å². The lowest BCUT2D eigenvalue weighted by Crippen LogP contribution is -2.04. The van der Waals surface area contributed by atoms with E-state index in [1.54, 1.807) is 0 Å². The van der Waals surface area contributed by atoms with Crippen LogP contribution < -0.4 is 4.74 Å². The lowest BCUT2D eigenvalue weighted by molar-refractivity contribution is 0.269. The summed E-state index contributed by atoms with van der Waals surface area (Å²) in [6.45, 7) is 3.43. The van der Waals surface area contributed by atoms with Gasteiger partial charge < -0.3 is 9.84 Å². The summed E-state index contributed by atoms with van der Waals surface area (Å²) in [6, 6.07) is 3.61. The smallest absolute Gasteiger partial charge is 0.201 e. The molecule has 0 spiro atoms. The second kappa shape index (κ2) is 5.92. The van der Waals surface area contributed by atoms with Gasteiger partial charge in [-0.1, -0.05) is 19.9 Å². The molecule has 1 aromatic heterocycles. The van der Waals surface area contributed by atoms with Gasteiger partial charge in [0.1, 0.15) is 11.5 Å². The van der Waals surface area contributed by atoms with E-state index in [-0.39, 0.29) is 29.7 Å². The van der Waals surface area contributed by atoms with Crippen LogP contribution in [0.1, 0.15) is 31.3 Å². The van der Waals surface area contributed by atoms with Crippen LogP contribution >= 0.6 is 0 Å². The first-order valence-electron chi connectivity index (χ1n) is 6.11. The average molecular weight is 280 g/mol. The number of rotatable bonds is 4. The predicted molar refractivity (Wildman–Crippen MR) is 68.5 cm³/mol. The van der Waals surface area contributed by atoms with Gasteiger partial charge in [-0.2, -0.15) is 4.39 Å². The zero-order valence-corrected chi connectivity index (χ0v) is 11.1. The van der Waals surface area contributed by atoms with Crippen LogP contribution in [0.25, 0.3) is 0 Å². The molecule has 0 aliphatic rings. The lowest BCUT2D eigenvalue weighted by atomic mass is 10.2. The number of benzene rings is 1. The number of ether oxygens (including phenoxy) is 1. The van der Waals surface area contributed by atoms with E-state index in [1.165, 1.54) is 18.3 Å². The summed E-state index contributed by atoms with van der Waals surface area (Å²) < 4.78 is 31.9. The fourth-order valence-electron chi connectivity index (χ4n) is 1.58. The second-order valence-electron chi connectivity index (χ2n) is 4.51. The van der Waals surface area contributed by atoms with E-state index >= 15 is 0 Å². The third-order valence-corrected chi connectivity index (χ3v) is 2.65. The van der Waals surface area contributed by atoms with Crippen molar-refractivity contribution < 1.29 is 18.6 Å². The zero-order chi connectivity index (χ0) is 14.7. The van der Waals surface area contributed by atoms with Gasteiger partial charge in [-0.05, 0) is 12.1 Å². The molecule has 2 aromatic rings. The molecule has 1 aromatic carbocycles. The molecule has 0 unspecified atom stereocenters. The highest BCUT2D eigenvalue weighted by Crippen LogP contribution is 2.28. The van der Waals surface area contributed by atoms with Crippen LogP contribution in [0, 0.1) is 11.6 Å². The molecule has 4 nitrogen and oxygen atoms in total. The number of aliphatic hydroxyl groups excluding tert-OH is 1. The van der Waals surface area contributed by atoms with E-state index < -0.39 is 11.6 Å². The van der Waals surface area contributed by atoms with Crippen molar-refractivity contribution in [2.45, 2.75) is 26.4 Å². The molecule has 0 saturated carbocycles. The van der Waals surface area contributed by atoms with Crippen LogP contribution in [-0.2, 0) is 6.61 Å². The number of aliphatic hydroxyl groups is 1. The second-order valence-corrected chi connectivity index (χ2v) is 4.51. The minimum Gasteiger partial charge on any atom is -0.451 e. The van der Waals surface area contributed by atoms with Crippen molar-refractivity contribution in [3.63, 3.8) is 0 Å². The van der Waals surface area contributed by atoms with Gasteiger partial charge in [0.25, 0.3) is 0 Å². The molecular formula is C14H14F2N2O2. The minimum atomic E-state index is -1.09. The van der Waals surface area contributed by atoms with Crippen molar-refractivity contribution in [2.75, 3.05) is 0 Å². The first-order valence-corrected chi connectivity index (χ1v) is 6.11. The van der Waals surface area contributed by atoms with Crippen molar-refractivity contribution in [2.24, 2.45) is 0 Å². The predicted octanol–water partition coefficient (Wildman–Crippen LogP) is 3.16. The maximum Gasteiger partial charge on any atom is 0.201 e. The number of nitrogens with zero attached hydrogens (tertiary/aromatic N) is 2. The van der Waals surface area contributed by atoms with Crippen molar-refractivity contribution in [3.05, 3.63) is 47.5 Å². The van der Waals surface area contributed by atoms with E-state index in [0.29, 0.717) is 5.82 Å². The molecule has 0 saturated heterocycles. The van der Waals surface area contributed by atoms with Crippen LogP contribution in [0.4, 0.5) is 8.78 Å². The monoisotopic (exact) mass is 280 g/mol. The Labute approximate surface area is 115 Å². The van der Waals surface area contributed by atoms with Crippen molar-refractivity contribution in [1.82, 2.24) is 9.97 Å². The molecule has 106 valence electrons. The molecule has 0 radical (unpaired) electrons. The molecule has 6 heteroatoms. The minimum absolute atomic E-state index is 0.0836. The largest absolute Gasteiger partial charge is 0.451 e. The van der Waals surface area contributed by atoms with Gasteiger partial charge in [0.2, 0.25) is 5.82 Å². The van der Waals surface area contributed by atoms with Crippen LogP contribution in [0.3, 0.4) is 0 Å². The number of hydrogen-bond donors (Lipinski definition) is 1. The Balaban J connectivity index is 2.36. The SMILES string of the molecule is CC(C)c1ncc(Oc2cccc(F)c2F)c(CO)n1. The number of hydrogen-bond acceptors (Lipinski definition) is 4. The number of halogens is 2. The lowest BCUT2D eigenvalue weighted by Gasteiger charge is -2.11. The van der Waals surface area contributed by atoms with Crippen LogP contribution in [0.15, 0.2) is 24.4 Å². The standard InChI is InChI=1S/C14H14F2N2O2/c1-8(2)14-17-6-12(10(7-19)18-14)20-11-5-3-4-9(15)13(11)16/h3-6,8,19H,7H2,1-2H3. The Bertz CT molecular complexity index is 618. The summed E-state index contributed by atoms with van der Waals surface area (Å²) in [5.74, 6) is -1.65. The first kappa shape index (κ1) is 14.3. The summed E-state index contributed by atoms with van der Waals surface area (Å²) in [4.78, 5) is 8.21. The van der Waals surface area contributed by atoms with E-state index in [0.717, 1.165) is 6.07 Å². The topological polar surface area (TPSA) is 55.2 Å². The van der Waals surface area contributed by atoms with Crippen LogP contribution in [-0.4, -0.2) is 15.1 Å². The molecule has 0 fully saturated rings. The summed E-state index contributed by atoms with van der Waals surface area (Å²) >= 11 is 0. The quantitative estimate of drug-likeness (QED) is 0.934. The summed E-state index contributed by atoms with van der Waals surface area (Å²) in [6.07, 6.45) is 1.35. The van der Waals surface area contributed by atoms with E-state index in [1.807, 2.05) is 13.8 Å². The van der Waals surface area contributed by atoms with Crippen molar-refractivity contribution >= 4 is 0 Å². The Morgan fingerprint density at radius 1 is 1.25 bits per heavy atom. The van der Waals surface area contributed by atoms with Gasteiger partial charge in [0.05, 0.1) is 12.8 Å². The van der Waals surface area contributed by atoms with Gasteiger partial charge in [-0.25, -0.2) is 14.4 Å². The Hall–Kier alpha value is -2.08. The highest BCUT2D eigenvalue weighted by molar-refractivity contribution is 5.34. The molecule has 20 heavy (non-hydrogen) atoms. The van der Waals surface area contributed by atoms with Gasteiger partial charge >= 0.3 is 0 Å². The van der Waals surface area contributed by atoms with Gasteiger partial charge in [0.15, 0.2) is 17.3 Å². The number of aromatic nitrogens is 2. The van der Waals surface area contributed by atoms with Gasteiger partial charge in [0, 0.05) is 5.92 Å². The van der Waals surface area contributed by atoms with E-state index in [2.05, 4.69) is 9.97 Å². The molecule has 1 heterocycles.